The first kappa shape index (κ1) is 23.8. The molecule has 0 spiro atoms. The Morgan fingerprint density at radius 3 is 2.31 bits per heavy atom. The normalized spacial score (nSPS) is 12.3. The number of amides is 1. The van der Waals surface area contributed by atoms with Gasteiger partial charge in [-0.05, 0) is 67.8 Å². The number of rotatable bonds is 7. The van der Waals surface area contributed by atoms with Crippen molar-refractivity contribution in [3.8, 4) is 0 Å². The van der Waals surface area contributed by atoms with Gasteiger partial charge in [0, 0.05) is 10.6 Å². The Balaban J connectivity index is 1.74. The third-order valence-electron chi connectivity index (χ3n) is 5.28. The summed E-state index contributed by atoms with van der Waals surface area (Å²) < 4.78 is 26.0. The Morgan fingerprint density at radius 1 is 1.03 bits per heavy atom. The van der Waals surface area contributed by atoms with E-state index in [0.717, 1.165) is 22.9 Å². The predicted octanol–water partition coefficient (Wildman–Crippen LogP) is 5.41. The monoisotopic (exact) mass is 470 g/mol. The summed E-state index contributed by atoms with van der Waals surface area (Å²) in [7, 11) is -3.52. The molecule has 1 atom stereocenters. The number of benzene rings is 3. The van der Waals surface area contributed by atoms with Crippen LogP contribution in [-0.2, 0) is 16.6 Å². The highest BCUT2D eigenvalue weighted by atomic mass is 35.5. The van der Waals surface area contributed by atoms with Crippen molar-refractivity contribution in [2.24, 2.45) is 0 Å². The van der Waals surface area contributed by atoms with Crippen molar-refractivity contribution in [3.63, 3.8) is 0 Å². The van der Waals surface area contributed by atoms with Crippen LogP contribution in [-0.4, -0.2) is 20.6 Å². The summed E-state index contributed by atoms with van der Waals surface area (Å²) in [6.07, 6.45) is 1.16. The number of sulfonamides is 1. The molecule has 0 saturated carbocycles. The van der Waals surface area contributed by atoms with Crippen LogP contribution in [0.15, 0.2) is 66.7 Å². The van der Waals surface area contributed by atoms with Crippen LogP contribution in [0.2, 0.25) is 5.02 Å². The molecule has 0 aliphatic carbocycles. The van der Waals surface area contributed by atoms with E-state index in [0.29, 0.717) is 16.3 Å². The molecule has 0 bridgehead atoms. The lowest BCUT2D eigenvalue weighted by atomic mass is 10.00. The van der Waals surface area contributed by atoms with Crippen molar-refractivity contribution in [2.75, 3.05) is 10.6 Å². The summed E-state index contributed by atoms with van der Waals surface area (Å²) in [5.74, 6) is -0.182. The molecule has 0 unspecified atom stereocenters. The van der Waals surface area contributed by atoms with E-state index >= 15 is 0 Å². The van der Waals surface area contributed by atoms with Crippen molar-refractivity contribution < 1.29 is 13.2 Å². The zero-order valence-electron chi connectivity index (χ0n) is 18.6. The van der Waals surface area contributed by atoms with Gasteiger partial charge in [0.1, 0.15) is 0 Å². The molecule has 0 aromatic heterocycles. The zero-order chi connectivity index (χ0) is 23.5. The van der Waals surface area contributed by atoms with Gasteiger partial charge in [0.15, 0.2) is 0 Å². The summed E-state index contributed by atoms with van der Waals surface area (Å²) in [6, 6.07) is 19.7. The minimum absolute atomic E-state index is 0.133. The lowest BCUT2D eigenvalue weighted by molar-refractivity contribution is 0.0940. The van der Waals surface area contributed by atoms with Crippen LogP contribution >= 0.6 is 11.6 Å². The maximum absolute atomic E-state index is 12.7. The summed E-state index contributed by atoms with van der Waals surface area (Å²) in [5, 5.41) is 3.49. The molecule has 3 rings (SSSR count). The molecule has 32 heavy (non-hydrogen) atoms. The maximum atomic E-state index is 12.7. The van der Waals surface area contributed by atoms with Crippen molar-refractivity contribution in [1.82, 2.24) is 5.32 Å². The van der Waals surface area contributed by atoms with Gasteiger partial charge in [-0.25, -0.2) is 8.42 Å². The number of hydrogen-bond acceptors (Lipinski definition) is 3. The van der Waals surface area contributed by atoms with E-state index in [2.05, 4.69) is 11.4 Å². The lowest BCUT2D eigenvalue weighted by Crippen LogP contribution is -2.29. The standard InChI is InChI=1S/C25H27ClN2O3S/c1-17-8-13-24(18(2)14-17)19(3)27-25(29)21-11-9-20(10-12-21)16-28(32(4,30)31)23-7-5-6-22(26)15-23/h5-15,19H,16H2,1-4H3,(H,27,29)/t19-/m1/s1. The van der Waals surface area contributed by atoms with Crippen LogP contribution < -0.4 is 9.62 Å². The Hall–Kier alpha value is -2.83. The molecule has 1 N–H and O–H groups in total. The van der Waals surface area contributed by atoms with Gasteiger partial charge in [-0.15, -0.1) is 0 Å². The first-order chi connectivity index (χ1) is 15.0. The van der Waals surface area contributed by atoms with Gasteiger partial charge in [0.25, 0.3) is 5.91 Å². The van der Waals surface area contributed by atoms with E-state index in [1.807, 2.05) is 32.9 Å². The number of carbonyl (C=O) groups is 1. The van der Waals surface area contributed by atoms with E-state index in [9.17, 15) is 13.2 Å². The van der Waals surface area contributed by atoms with Crippen LogP contribution in [0.5, 0.6) is 0 Å². The molecule has 0 aliphatic heterocycles. The van der Waals surface area contributed by atoms with Crippen molar-refractivity contribution >= 4 is 33.2 Å². The number of anilines is 1. The fourth-order valence-corrected chi connectivity index (χ4v) is 4.69. The van der Waals surface area contributed by atoms with Gasteiger partial charge < -0.3 is 5.32 Å². The quantitative estimate of drug-likeness (QED) is 0.501. The molecular formula is C25H27ClN2O3S. The Morgan fingerprint density at radius 2 is 1.72 bits per heavy atom. The molecular weight excluding hydrogens is 444 g/mol. The Labute approximate surface area is 195 Å². The average Bonchev–Trinajstić information content (AvgIpc) is 2.71. The van der Waals surface area contributed by atoms with E-state index in [4.69, 9.17) is 11.6 Å². The third kappa shape index (κ3) is 5.90. The summed E-state index contributed by atoms with van der Waals surface area (Å²) in [6.45, 7) is 6.17. The van der Waals surface area contributed by atoms with Gasteiger partial charge in [0.05, 0.1) is 24.5 Å². The number of hydrogen-bond donors (Lipinski definition) is 1. The molecule has 3 aromatic rings. The highest BCUT2D eigenvalue weighted by molar-refractivity contribution is 7.92. The second-order valence-corrected chi connectivity index (χ2v) is 10.3. The first-order valence-electron chi connectivity index (χ1n) is 10.2. The predicted molar refractivity (Wildman–Crippen MR) is 131 cm³/mol. The smallest absolute Gasteiger partial charge is 0.251 e. The summed E-state index contributed by atoms with van der Waals surface area (Å²) in [4.78, 5) is 12.7. The van der Waals surface area contributed by atoms with Crippen LogP contribution in [0.4, 0.5) is 5.69 Å². The van der Waals surface area contributed by atoms with Crippen molar-refractivity contribution in [3.05, 3.63) is 99.6 Å². The van der Waals surface area contributed by atoms with Gasteiger partial charge in [-0.1, -0.05) is 53.6 Å². The van der Waals surface area contributed by atoms with Crippen molar-refractivity contribution in [2.45, 2.75) is 33.4 Å². The lowest BCUT2D eigenvalue weighted by Gasteiger charge is -2.23. The van der Waals surface area contributed by atoms with E-state index in [1.165, 1.54) is 9.87 Å². The fourth-order valence-electron chi connectivity index (χ4n) is 3.63. The fraction of sp³-hybridized carbons (Fsp3) is 0.240. The molecule has 168 valence electrons. The molecule has 1 amide bonds. The van der Waals surface area contributed by atoms with Crippen LogP contribution in [0.3, 0.4) is 0 Å². The average molecular weight is 471 g/mol. The SMILES string of the molecule is Cc1ccc([C@@H](C)NC(=O)c2ccc(CN(c3cccc(Cl)c3)S(C)(=O)=O)cc2)c(C)c1. The summed E-state index contributed by atoms with van der Waals surface area (Å²) in [5.41, 5.74) is 5.15. The van der Waals surface area contributed by atoms with Gasteiger partial charge in [0.2, 0.25) is 10.0 Å². The van der Waals surface area contributed by atoms with Crippen LogP contribution in [0, 0.1) is 13.8 Å². The Bertz CT molecular complexity index is 1220. The van der Waals surface area contributed by atoms with Crippen LogP contribution in [0.25, 0.3) is 0 Å². The number of aryl methyl sites for hydroxylation is 2. The minimum atomic E-state index is -3.52. The molecule has 7 heteroatoms. The third-order valence-corrected chi connectivity index (χ3v) is 6.65. The van der Waals surface area contributed by atoms with E-state index in [-0.39, 0.29) is 18.5 Å². The molecule has 0 heterocycles. The molecule has 3 aromatic carbocycles. The van der Waals surface area contributed by atoms with E-state index < -0.39 is 10.0 Å². The van der Waals surface area contributed by atoms with Crippen molar-refractivity contribution in [1.29, 1.82) is 0 Å². The number of nitrogens with one attached hydrogen (secondary N) is 1. The Kier molecular flexibility index (Phi) is 7.26. The molecule has 0 radical (unpaired) electrons. The zero-order valence-corrected chi connectivity index (χ0v) is 20.2. The minimum Gasteiger partial charge on any atom is -0.346 e. The topological polar surface area (TPSA) is 66.5 Å². The number of halogens is 1. The molecule has 0 saturated heterocycles. The largest absolute Gasteiger partial charge is 0.346 e. The van der Waals surface area contributed by atoms with Crippen LogP contribution in [0.1, 0.15) is 45.6 Å². The molecule has 5 nitrogen and oxygen atoms in total. The first-order valence-corrected chi connectivity index (χ1v) is 12.5. The number of nitrogens with zero attached hydrogens (tertiary/aromatic N) is 1. The highest BCUT2D eigenvalue weighted by Gasteiger charge is 2.19. The second-order valence-electron chi connectivity index (χ2n) is 8.00. The van der Waals surface area contributed by atoms with Gasteiger partial charge >= 0.3 is 0 Å². The molecule has 0 fully saturated rings. The van der Waals surface area contributed by atoms with Gasteiger partial charge in [-0.3, -0.25) is 9.10 Å². The summed E-state index contributed by atoms with van der Waals surface area (Å²) >= 11 is 6.03. The van der Waals surface area contributed by atoms with Gasteiger partial charge in [-0.2, -0.15) is 0 Å². The highest BCUT2D eigenvalue weighted by Crippen LogP contribution is 2.24. The molecule has 0 aliphatic rings. The number of carbonyl (C=O) groups excluding carboxylic acids is 1. The maximum Gasteiger partial charge on any atom is 0.251 e. The van der Waals surface area contributed by atoms with E-state index in [1.54, 1.807) is 48.5 Å². The second kappa shape index (κ2) is 9.76.